The van der Waals surface area contributed by atoms with Gasteiger partial charge in [0.05, 0.1) is 0 Å². The Morgan fingerprint density at radius 1 is 1.00 bits per heavy atom. The first kappa shape index (κ1) is 10.6. The summed E-state index contributed by atoms with van der Waals surface area (Å²) in [5.74, 6) is 0.229. The van der Waals surface area contributed by atoms with Crippen molar-refractivity contribution in [1.29, 1.82) is 0 Å². The van der Waals surface area contributed by atoms with E-state index in [0.717, 1.165) is 11.1 Å². The fourth-order valence-corrected chi connectivity index (χ4v) is 1.74. The van der Waals surface area contributed by atoms with Gasteiger partial charge in [0.2, 0.25) is 0 Å². The minimum atomic E-state index is 0.0884. The van der Waals surface area contributed by atoms with E-state index >= 15 is 0 Å². The van der Waals surface area contributed by atoms with Crippen LogP contribution in [0.5, 0.6) is 11.5 Å². The van der Waals surface area contributed by atoms with Crippen molar-refractivity contribution in [3.05, 3.63) is 59.2 Å². The molecule has 2 heteroatoms. The van der Waals surface area contributed by atoms with Gasteiger partial charge in [-0.3, -0.25) is 0 Å². The van der Waals surface area contributed by atoms with Crippen LogP contribution in [0.4, 0.5) is 0 Å². The van der Waals surface area contributed by atoms with Crippen LogP contribution in [0.2, 0.25) is 0 Å². The molecule has 0 spiro atoms. The zero-order chi connectivity index (χ0) is 11.5. The minimum absolute atomic E-state index is 0.0884. The summed E-state index contributed by atoms with van der Waals surface area (Å²) in [5.41, 5.74) is 3.18. The molecule has 0 radical (unpaired) electrons. The van der Waals surface area contributed by atoms with E-state index in [9.17, 15) is 10.2 Å². The van der Waals surface area contributed by atoms with Crippen molar-refractivity contribution in [2.24, 2.45) is 0 Å². The molecule has 0 heterocycles. The molecule has 82 valence electrons. The molecule has 0 amide bonds. The molecule has 2 nitrogen and oxygen atoms in total. The molecule has 2 aromatic rings. The highest BCUT2D eigenvalue weighted by molar-refractivity contribution is 5.42. The highest BCUT2D eigenvalue weighted by Crippen LogP contribution is 2.24. The van der Waals surface area contributed by atoms with Crippen LogP contribution in [0.25, 0.3) is 0 Å². The van der Waals surface area contributed by atoms with Crippen molar-refractivity contribution >= 4 is 0 Å². The first-order valence-corrected chi connectivity index (χ1v) is 5.21. The van der Waals surface area contributed by atoms with Crippen LogP contribution in [-0.4, -0.2) is 10.2 Å². The van der Waals surface area contributed by atoms with Gasteiger partial charge in [0.1, 0.15) is 11.5 Å². The summed E-state index contributed by atoms with van der Waals surface area (Å²) >= 11 is 0. The van der Waals surface area contributed by atoms with Crippen molar-refractivity contribution in [2.45, 2.75) is 13.3 Å². The van der Waals surface area contributed by atoms with E-state index < -0.39 is 0 Å². The normalized spacial score (nSPS) is 10.3. The number of hydrogen-bond donors (Lipinski definition) is 2. The van der Waals surface area contributed by atoms with Gasteiger partial charge in [-0.1, -0.05) is 35.9 Å². The van der Waals surface area contributed by atoms with Crippen molar-refractivity contribution < 1.29 is 10.2 Å². The molecule has 0 atom stereocenters. The Morgan fingerprint density at radius 2 is 1.81 bits per heavy atom. The van der Waals surface area contributed by atoms with Gasteiger partial charge in [-0.05, 0) is 24.1 Å². The highest BCUT2D eigenvalue weighted by atomic mass is 16.3. The average molecular weight is 214 g/mol. The third-order valence-electron chi connectivity index (χ3n) is 2.55. The zero-order valence-electron chi connectivity index (χ0n) is 9.14. The largest absolute Gasteiger partial charge is 0.508 e. The van der Waals surface area contributed by atoms with Crippen molar-refractivity contribution in [3.8, 4) is 11.5 Å². The molecular weight excluding hydrogens is 200 g/mol. The Hall–Kier alpha value is -1.96. The maximum Gasteiger partial charge on any atom is 0.122 e. The Bertz CT molecular complexity index is 504. The molecule has 0 aliphatic heterocycles. The lowest BCUT2D eigenvalue weighted by Crippen LogP contribution is -1.89. The lowest BCUT2D eigenvalue weighted by Gasteiger charge is -2.06. The maximum absolute atomic E-state index is 9.66. The fourth-order valence-electron chi connectivity index (χ4n) is 1.74. The fraction of sp³-hybridized carbons (Fsp3) is 0.143. The summed E-state index contributed by atoms with van der Waals surface area (Å²) in [6.45, 7) is 2.04. The van der Waals surface area contributed by atoms with Crippen LogP contribution in [0.15, 0.2) is 42.5 Å². The van der Waals surface area contributed by atoms with Gasteiger partial charge < -0.3 is 10.2 Å². The Balaban J connectivity index is 2.27. The quantitative estimate of drug-likeness (QED) is 0.806. The molecule has 0 saturated carbocycles. The molecule has 0 aliphatic rings. The van der Waals surface area contributed by atoms with E-state index in [1.807, 2.05) is 25.1 Å². The van der Waals surface area contributed by atoms with E-state index in [4.69, 9.17) is 0 Å². The van der Waals surface area contributed by atoms with Gasteiger partial charge in [0, 0.05) is 12.5 Å². The smallest absolute Gasteiger partial charge is 0.122 e. The summed E-state index contributed by atoms with van der Waals surface area (Å²) < 4.78 is 0. The maximum atomic E-state index is 9.66. The van der Waals surface area contributed by atoms with E-state index in [-0.39, 0.29) is 11.5 Å². The predicted octanol–water partition coefficient (Wildman–Crippen LogP) is 3.00. The summed E-state index contributed by atoms with van der Waals surface area (Å²) in [6, 6.07) is 12.9. The second-order valence-corrected chi connectivity index (χ2v) is 3.98. The Kier molecular flexibility index (Phi) is 2.82. The number of benzene rings is 2. The van der Waals surface area contributed by atoms with Crippen LogP contribution in [0.1, 0.15) is 16.7 Å². The van der Waals surface area contributed by atoms with Gasteiger partial charge in [-0.25, -0.2) is 0 Å². The van der Waals surface area contributed by atoms with E-state index in [1.165, 1.54) is 11.6 Å². The summed E-state index contributed by atoms with van der Waals surface area (Å²) in [7, 11) is 0. The molecular formula is C14H14O2. The SMILES string of the molecule is Cc1cccc(Cc2ccc(O)cc2O)c1. The first-order valence-electron chi connectivity index (χ1n) is 5.21. The Labute approximate surface area is 94.8 Å². The second-order valence-electron chi connectivity index (χ2n) is 3.98. The van der Waals surface area contributed by atoms with Crippen LogP contribution >= 0.6 is 0 Å². The topological polar surface area (TPSA) is 40.5 Å². The number of phenolic OH excluding ortho intramolecular Hbond substituents is 2. The van der Waals surface area contributed by atoms with E-state index in [2.05, 4.69) is 6.07 Å². The molecule has 0 aromatic heterocycles. The van der Waals surface area contributed by atoms with E-state index in [1.54, 1.807) is 12.1 Å². The summed E-state index contributed by atoms with van der Waals surface area (Å²) in [4.78, 5) is 0. The standard InChI is InChI=1S/C14H14O2/c1-10-3-2-4-11(7-10)8-12-5-6-13(15)9-14(12)16/h2-7,9,15-16H,8H2,1H3. The summed E-state index contributed by atoms with van der Waals surface area (Å²) in [6.07, 6.45) is 0.674. The lowest BCUT2D eigenvalue weighted by atomic mass is 10.0. The number of aryl methyl sites for hydroxylation is 1. The minimum Gasteiger partial charge on any atom is -0.508 e. The molecule has 2 N–H and O–H groups in total. The monoisotopic (exact) mass is 214 g/mol. The van der Waals surface area contributed by atoms with Crippen molar-refractivity contribution in [3.63, 3.8) is 0 Å². The molecule has 0 fully saturated rings. The number of aromatic hydroxyl groups is 2. The predicted molar refractivity (Wildman–Crippen MR) is 63.8 cm³/mol. The third kappa shape index (κ3) is 2.34. The van der Waals surface area contributed by atoms with Crippen molar-refractivity contribution in [1.82, 2.24) is 0 Å². The van der Waals surface area contributed by atoms with Gasteiger partial charge in [-0.2, -0.15) is 0 Å². The number of phenols is 2. The average Bonchev–Trinajstić information content (AvgIpc) is 2.22. The Morgan fingerprint density at radius 3 is 2.50 bits per heavy atom. The van der Waals surface area contributed by atoms with Crippen LogP contribution in [-0.2, 0) is 6.42 Å². The van der Waals surface area contributed by atoms with Crippen molar-refractivity contribution in [2.75, 3.05) is 0 Å². The van der Waals surface area contributed by atoms with Crippen LogP contribution < -0.4 is 0 Å². The summed E-state index contributed by atoms with van der Waals surface area (Å²) in [5, 5.41) is 18.8. The molecule has 2 aromatic carbocycles. The molecule has 16 heavy (non-hydrogen) atoms. The van der Waals surface area contributed by atoms with Gasteiger partial charge in [0.25, 0.3) is 0 Å². The molecule has 2 rings (SSSR count). The number of hydrogen-bond acceptors (Lipinski definition) is 2. The lowest BCUT2D eigenvalue weighted by molar-refractivity contribution is 0.447. The first-order chi connectivity index (χ1) is 7.65. The molecule has 0 aliphatic carbocycles. The second kappa shape index (κ2) is 4.27. The van der Waals surface area contributed by atoms with Crippen LogP contribution in [0.3, 0.4) is 0 Å². The zero-order valence-corrected chi connectivity index (χ0v) is 9.14. The van der Waals surface area contributed by atoms with Gasteiger partial charge in [0.15, 0.2) is 0 Å². The molecule has 0 saturated heterocycles. The van der Waals surface area contributed by atoms with Gasteiger partial charge in [-0.15, -0.1) is 0 Å². The van der Waals surface area contributed by atoms with Crippen LogP contribution in [0, 0.1) is 6.92 Å². The highest BCUT2D eigenvalue weighted by Gasteiger charge is 2.03. The third-order valence-corrected chi connectivity index (χ3v) is 2.55. The molecule has 0 bridgehead atoms. The molecule has 0 unspecified atom stereocenters. The van der Waals surface area contributed by atoms with Gasteiger partial charge >= 0.3 is 0 Å². The van der Waals surface area contributed by atoms with E-state index in [0.29, 0.717) is 6.42 Å². The number of rotatable bonds is 2.